The number of H-pyrrole nitrogens is 1. The number of nitrogens with zero attached hydrogens (tertiary/aromatic N) is 7. The van der Waals surface area contributed by atoms with Crippen molar-refractivity contribution in [1.82, 2.24) is 40.4 Å². The third-order valence-electron chi connectivity index (χ3n) is 3.48. The van der Waals surface area contributed by atoms with Crippen LogP contribution in [-0.2, 0) is 5.75 Å². The van der Waals surface area contributed by atoms with Crippen molar-refractivity contribution >= 4 is 28.7 Å². The van der Waals surface area contributed by atoms with Gasteiger partial charge in [0, 0.05) is 28.6 Å². The van der Waals surface area contributed by atoms with Crippen molar-refractivity contribution in [2.75, 3.05) is 5.73 Å². The predicted molar refractivity (Wildman–Crippen MR) is 89.8 cm³/mol. The smallest absolute Gasteiger partial charge is 0.282 e. The molecular weight excluding hydrogens is 364 g/mol. The number of thioether (sulfide) groups is 1. The molecule has 4 aromatic heterocycles. The maximum atomic E-state index is 13.4. The molecule has 0 aliphatic heterocycles. The summed E-state index contributed by atoms with van der Waals surface area (Å²) in [6.07, 6.45) is 0.302. The van der Waals surface area contributed by atoms with E-state index in [9.17, 15) is 8.78 Å². The first kappa shape index (κ1) is 16.3. The van der Waals surface area contributed by atoms with Gasteiger partial charge in [0.2, 0.25) is 5.65 Å². The minimum absolute atomic E-state index is 0.241. The Hall–Kier alpha value is -3.15. The summed E-state index contributed by atoms with van der Waals surface area (Å²) in [5, 5.41) is 21.9. The van der Waals surface area contributed by atoms with E-state index in [1.54, 1.807) is 18.2 Å². The molecule has 3 N–H and O–H groups in total. The third kappa shape index (κ3) is 3.06. The average molecular weight is 375 g/mol. The molecule has 0 aliphatic rings. The van der Waals surface area contributed by atoms with Crippen LogP contribution in [0, 0.1) is 0 Å². The first-order valence-electron chi connectivity index (χ1n) is 7.36. The fourth-order valence-electron chi connectivity index (χ4n) is 2.34. The van der Waals surface area contributed by atoms with Crippen molar-refractivity contribution in [3.05, 3.63) is 41.9 Å². The quantitative estimate of drug-likeness (QED) is 0.509. The van der Waals surface area contributed by atoms with E-state index in [0.717, 1.165) is 0 Å². The van der Waals surface area contributed by atoms with Gasteiger partial charge in [-0.3, -0.25) is 0 Å². The van der Waals surface area contributed by atoms with Crippen molar-refractivity contribution in [1.29, 1.82) is 0 Å². The van der Waals surface area contributed by atoms with Gasteiger partial charge in [-0.2, -0.15) is 20.5 Å². The summed E-state index contributed by atoms with van der Waals surface area (Å²) in [4.78, 5) is 4.74. The lowest BCUT2D eigenvalue weighted by molar-refractivity contribution is 0.144. The highest BCUT2D eigenvalue weighted by atomic mass is 32.2. The molecule has 0 bridgehead atoms. The molecule has 0 spiro atoms. The highest BCUT2D eigenvalue weighted by Gasteiger charge is 2.20. The SMILES string of the molecule is Nc1cc(SCc2cn(-c3cccnn3)nc2C(F)F)c2n[nH]nc2n1. The molecule has 0 fully saturated rings. The lowest BCUT2D eigenvalue weighted by Crippen LogP contribution is -1.99. The number of nitrogens with one attached hydrogen (secondary N) is 1. The Morgan fingerprint density at radius 3 is 2.96 bits per heavy atom. The monoisotopic (exact) mass is 375 g/mol. The van der Waals surface area contributed by atoms with Crippen molar-refractivity contribution in [2.24, 2.45) is 0 Å². The van der Waals surface area contributed by atoms with E-state index in [1.165, 1.54) is 28.8 Å². The van der Waals surface area contributed by atoms with E-state index in [-0.39, 0.29) is 17.3 Å². The zero-order valence-electron chi connectivity index (χ0n) is 13.0. The summed E-state index contributed by atoms with van der Waals surface area (Å²) in [7, 11) is 0. The molecule has 0 atom stereocenters. The summed E-state index contributed by atoms with van der Waals surface area (Å²) in [5.74, 6) is 0.877. The minimum Gasteiger partial charge on any atom is -0.384 e. The summed E-state index contributed by atoms with van der Waals surface area (Å²) >= 11 is 1.30. The van der Waals surface area contributed by atoms with Gasteiger partial charge in [-0.05, 0) is 18.2 Å². The maximum absolute atomic E-state index is 13.4. The second-order valence-corrected chi connectivity index (χ2v) is 6.21. The fourth-order valence-corrected chi connectivity index (χ4v) is 3.35. The molecule has 0 aromatic carbocycles. The van der Waals surface area contributed by atoms with Crippen molar-refractivity contribution in [2.45, 2.75) is 17.1 Å². The Balaban J connectivity index is 1.65. The Kier molecular flexibility index (Phi) is 4.16. The predicted octanol–water partition coefficient (Wildman–Crippen LogP) is 2.14. The molecule has 26 heavy (non-hydrogen) atoms. The largest absolute Gasteiger partial charge is 0.384 e. The molecular formula is C14H11F2N9S. The van der Waals surface area contributed by atoms with Gasteiger partial charge >= 0.3 is 0 Å². The van der Waals surface area contributed by atoms with Crippen LogP contribution in [0.3, 0.4) is 0 Å². The van der Waals surface area contributed by atoms with Crippen molar-refractivity contribution < 1.29 is 8.78 Å². The number of alkyl halides is 2. The van der Waals surface area contributed by atoms with Gasteiger partial charge < -0.3 is 5.73 Å². The van der Waals surface area contributed by atoms with Gasteiger partial charge in [-0.1, -0.05) is 0 Å². The van der Waals surface area contributed by atoms with Crippen LogP contribution in [0.1, 0.15) is 17.7 Å². The molecule has 0 saturated carbocycles. The van der Waals surface area contributed by atoms with Gasteiger partial charge in [-0.15, -0.1) is 22.0 Å². The van der Waals surface area contributed by atoms with E-state index in [2.05, 4.69) is 35.7 Å². The molecule has 9 nitrogen and oxygen atoms in total. The number of halogens is 2. The maximum Gasteiger partial charge on any atom is 0.282 e. The summed E-state index contributed by atoms with van der Waals surface area (Å²) in [6.45, 7) is 0. The minimum atomic E-state index is -2.71. The number of aromatic amines is 1. The van der Waals surface area contributed by atoms with E-state index in [0.29, 0.717) is 27.4 Å². The molecule has 132 valence electrons. The van der Waals surface area contributed by atoms with Gasteiger partial charge in [-0.25, -0.2) is 18.4 Å². The number of hydrogen-bond acceptors (Lipinski definition) is 8. The van der Waals surface area contributed by atoms with E-state index in [4.69, 9.17) is 5.73 Å². The number of pyridine rings is 1. The molecule has 4 heterocycles. The molecule has 4 rings (SSSR count). The van der Waals surface area contributed by atoms with Crippen LogP contribution >= 0.6 is 11.8 Å². The Bertz CT molecular complexity index is 1050. The van der Waals surface area contributed by atoms with E-state index in [1.807, 2.05) is 0 Å². The van der Waals surface area contributed by atoms with Gasteiger partial charge in [0.1, 0.15) is 17.0 Å². The second kappa shape index (κ2) is 6.63. The normalized spacial score (nSPS) is 11.5. The summed E-state index contributed by atoms with van der Waals surface area (Å²) in [5.41, 5.74) is 6.73. The molecule has 4 aromatic rings. The zero-order valence-corrected chi connectivity index (χ0v) is 13.9. The highest BCUT2D eigenvalue weighted by Crippen LogP contribution is 2.32. The average Bonchev–Trinajstić information content (AvgIpc) is 3.27. The summed E-state index contributed by atoms with van der Waals surface area (Å²) in [6, 6.07) is 4.92. The van der Waals surface area contributed by atoms with Crippen LogP contribution in [0.15, 0.2) is 35.5 Å². The number of nitrogen functional groups attached to an aromatic ring is 1. The summed E-state index contributed by atoms with van der Waals surface area (Å²) < 4.78 is 28.0. The molecule has 0 saturated heterocycles. The molecule has 0 amide bonds. The Morgan fingerprint density at radius 2 is 2.19 bits per heavy atom. The van der Waals surface area contributed by atoms with E-state index >= 15 is 0 Å². The number of fused-ring (bicyclic) bond motifs is 1. The van der Waals surface area contributed by atoms with Crippen molar-refractivity contribution in [3.8, 4) is 5.82 Å². The third-order valence-corrected chi connectivity index (χ3v) is 4.56. The van der Waals surface area contributed by atoms with Crippen molar-refractivity contribution in [3.63, 3.8) is 0 Å². The number of anilines is 1. The number of hydrogen-bond donors (Lipinski definition) is 2. The van der Waals surface area contributed by atoms with E-state index < -0.39 is 6.43 Å². The highest BCUT2D eigenvalue weighted by molar-refractivity contribution is 7.98. The second-order valence-electron chi connectivity index (χ2n) is 5.20. The molecule has 0 aliphatic carbocycles. The lowest BCUT2D eigenvalue weighted by atomic mass is 10.3. The first-order chi connectivity index (χ1) is 12.6. The van der Waals surface area contributed by atoms with Crippen LogP contribution < -0.4 is 5.73 Å². The lowest BCUT2D eigenvalue weighted by Gasteiger charge is -2.03. The van der Waals surface area contributed by atoms with Gasteiger partial charge in [0.05, 0.1) is 0 Å². The van der Waals surface area contributed by atoms with Crippen LogP contribution in [-0.4, -0.2) is 40.4 Å². The Labute approximate surface area is 149 Å². The fraction of sp³-hybridized carbons (Fsp3) is 0.143. The zero-order chi connectivity index (χ0) is 18.1. The molecule has 0 unspecified atom stereocenters. The number of nitrogens with two attached hydrogens (primary N) is 1. The van der Waals surface area contributed by atoms with Crippen LogP contribution in [0.4, 0.5) is 14.6 Å². The first-order valence-corrected chi connectivity index (χ1v) is 8.35. The van der Waals surface area contributed by atoms with Gasteiger partial charge in [0.25, 0.3) is 6.43 Å². The molecule has 0 radical (unpaired) electrons. The van der Waals surface area contributed by atoms with Crippen LogP contribution in [0.2, 0.25) is 0 Å². The standard InChI is InChI=1S/C14H11F2N9S/c15-13(16)11-7(5-25(23-11)10-2-1-3-18-20-10)6-26-8-4-9(17)19-14-12(8)21-24-22-14/h1-5,13H,6H2,(H3,17,19,21,22,24). The molecule has 12 heteroatoms. The van der Waals surface area contributed by atoms with Crippen LogP contribution in [0.5, 0.6) is 0 Å². The van der Waals surface area contributed by atoms with Crippen LogP contribution in [0.25, 0.3) is 17.0 Å². The number of aromatic nitrogens is 8. The number of rotatable bonds is 5. The Morgan fingerprint density at radius 1 is 1.31 bits per heavy atom. The topological polar surface area (TPSA) is 124 Å². The van der Waals surface area contributed by atoms with Gasteiger partial charge in [0.15, 0.2) is 5.82 Å².